The predicted octanol–water partition coefficient (Wildman–Crippen LogP) is 2.56. The van der Waals surface area contributed by atoms with Crippen LogP contribution in [0.15, 0.2) is 60.7 Å². The Labute approximate surface area is 119 Å². The van der Waals surface area contributed by atoms with E-state index in [2.05, 4.69) is 14.8 Å². The van der Waals surface area contributed by atoms with E-state index in [1.165, 1.54) is 0 Å². The smallest absolute Gasteiger partial charge is 0.296 e. The van der Waals surface area contributed by atoms with Gasteiger partial charge in [-0.1, -0.05) is 36.4 Å². The molecule has 0 spiro atoms. The first-order valence-corrected chi connectivity index (χ1v) is 5.67. The summed E-state index contributed by atoms with van der Waals surface area (Å²) in [6.45, 7) is 0. The first-order valence-electron chi connectivity index (χ1n) is 5.67. The molecule has 0 aliphatic carbocycles. The molecular formula is C14H12O7. The maximum Gasteiger partial charge on any atom is 0.376 e. The van der Waals surface area contributed by atoms with E-state index in [-0.39, 0.29) is 0 Å². The fourth-order valence-corrected chi connectivity index (χ4v) is 1.28. The van der Waals surface area contributed by atoms with Gasteiger partial charge in [0.15, 0.2) is 0 Å². The molecule has 0 atom stereocenters. The van der Waals surface area contributed by atoms with Crippen molar-refractivity contribution in [3.8, 4) is 0 Å². The summed E-state index contributed by atoms with van der Waals surface area (Å²) in [4.78, 5) is 28.6. The predicted molar refractivity (Wildman–Crippen MR) is 70.1 cm³/mol. The number of hydrogen-bond acceptors (Lipinski definition) is 7. The monoisotopic (exact) mass is 292 g/mol. The minimum atomic E-state index is -0.736. The van der Waals surface area contributed by atoms with Crippen molar-refractivity contribution in [2.45, 2.75) is 0 Å². The molecule has 110 valence electrons. The van der Waals surface area contributed by atoms with Crippen LogP contribution in [0.5, 0.6) is 0 Å². The summed E-state index contributed by atoms with van der Waals surface area (Å²) < 4.78 is 0. The van der Waals surface area contributed by atoms with Crippen molar-refractivity contribution in [1.82, 2.24) is 0 Å². The Kier molecular flexibility index (Phi) is 7.15. The summed E-state index contributed by atoms with van der Waals surface area (Å²) >= 11 is 0. The maximum atomic E-state index is 10.7. The molecular weight excluding hydrogens is 280 g/mol. The molecule has 0 aliphatic heterocycles. The van der Waals surface area contributed by atoms with Gasteiger partial charge in [-0.3, -0.25) is 9.78 Å². The van der Waals surface area contributed by atoms with Crippen molar-refractivity contribution < 1.29 is 34.9 Å². The van der Waals surface area contributed by atoms with Gasteiger partial charge >= 0.3 is 11.9 Å². The van der Waals surface area contributed by atoms with Crippen LogP contribution in [0.2, 0.25) is 0 Å². The van der Waals surface area contributed by atoms with E-state index in [9.17, 15) is 9.59 Å². The molecule has 0 aromatic heterocycles. The van der Waals surface area contributed by atoms with E-state index in [1.54, 1.807) is 60.7 Å². The molecule has 7 nitrogen and oxygen atoms in total. The zero-order valence-electron chi connectivity index (χ0n) is 10.7. The van der Waals surface area contributed by atoms with Crippen molar-refractivity contribution in [3.05, 3.63) is 71.8 Å². The van der Waals surface area contributed by atoms with Crippen LogP contribution in [-0.2, 0) is 14.8 Å². The molecule has 7 heteroatoms. The van der Waals surface area contributed by atoms with Gasteiger partial charge in [-0.15, -0.1) is 0 Å². The summed E-state index contributed by atoms with van der Waals surface area (Å²) in [6, 6.07) is 16.4. The summed E-state index contributed by atoms with van der Waals surface area (Å²) in [5.41, 5.74) is 0.659. The second-order valence-electron chi connectivity index (χ2n) is 3.56. The number of carbonyl (C=O) groups is 2. The summed E-state index contributed by atoms with van der Waals surface area (Å²) in [6.07, 6.45) is 0. The second-order valence-corrected chi connectivity index (χ2v) is 3.56. The molecule has 0 bridgehead atoms. The van der Waals surface area contributed by atoms with Gasteiger partial charge in [0.1, 0.15) is 0 Å². The van der Waals surface area contributed by atoms with Gasteiger partial charge in [0.05, 0.1) is 11.1 Å². The van der Waals surface area contributed by atoms with Crippen LogP contribution in [0.25, 0.3) is 0 Å². The first-order chi connectivity index (χ1) is 10.2. The average molecular weight is 292 g/mol. The van der Waals surface area contributed by atoms with Crippen LogP contribution < -0.4 is 0 Å². The van der Waals surface area contributed by atoms with Gasteiger partial charge in [0, 0.05) is 0 Å². The van der Waals surface area contributed by atoms with Crippen LogP contribution in [-0.4, -0.2) is 22.5 Å². The van der Waals surface area contributed by atoms with Gasteiger partial charge in [0.2, 0.25) is 0 Å². The quantitative estimate of drug-likeness (QED) is 0.662. The molecule has 2 N–H and O–H groups in total. The van der Waals surface area contributed by atoms with Crippen molar-refractivity contribution in [2.75, 3.05) is 0 Å². The van der Waals surface area contributed by atoms with Crippen LogP contribution in [0.1, 0.15) is 20.7 Å². The fourth-order valence-electron chi connectivity index (χ4n) is 1.28. The zero-order valence-corrected chi connectivity index (χ0v) is 10.7. The highest BCUT2D eigenvalue weighted by Gasteiger charge is 2.05. The molecule has 0 radical (unpaired) electrons. The summed E-state index contributed by atoms with van der Waals surface area (Å²) in [5, 5.41) is 18.9. The van der Waals surface area contributed by atoms with Crippen molar-refractivity contribution >= 4 is 11.9 Å². The molecule has 0 amide bonds. The molecule has 21 heavy (non-hydrogen) atoms. The van der Waals surface area contributed by atoms with E-state index < -0.39 is 11.9 Å². The third-order valence-corrected chi connectivity index (χ3v) is 2.21. The Balaban J connectivity index is 0.000000211. The van der Waals surface area contributed by atoms with Gasteiger partial charge < -0.3 is 0 Å². The topological polar surface area (TPSA) is 102 Å². The highest BCUT2D eigenvalue weighted by atomic mass is 17.5. The standard InChI is InChI=1S/C7H6O4.C7H6O3/c8-7(10-11-9)6-4-2-1-3-5-6;8-7(10-9)6-4-2-1-3-5-6/h1-5,9H;1-5,9H. The van der Waals surface area contributed by atoms with Gasteiger partial charge in [-0.25, -0.2) is 14.8 Å². The fraction of sp³-hybridized carbons (Fsp3) is 0. The normalized spacial score (nSPS) is 9.05. The number of hydrogen-bond donors (Lipinski definition) is 2. The van der Waals surface area contributed by atoms with E-state index in [0.717, 1.165) is 0 Å². The Morgan fingerprint density at radius 1 is 0.714 bits per heavy atom. The first kappa shape index (κ1) is 16.3. The highest BCUT2D eigenvalue weighted by Crippen LogP contribution is 2.00. The minimum Gasteiger partial charge on any atom is -0.296 e. The molecule has 0 saturated carbocycles. The zero-order chi connectivity index (χ0) is 15.5. The molecule has 0 fully saturated rings. The van der Waals surface area contributed by atoms with Gasteiger partial charge in [-0.2, -0.15) is 5.26 Å². The van der Waals surface area contributed by atoms with Gasteiger partial charge in [-0.05, 0) is 29.3 Å². The molecule has 0 saturated heterocycles. The Morgan fingerprint density at radius 3 is 1.52 bits per heavy atom. The van der Waals surface area contributed by atoms with Crippen molar-refractivity contribution in [2.24, 2.45) is 0 Å². The third-order valence-electron chi connectivity index (χ3n) is 2.21. The maximum absolute atomic E-state index is 10.7. The van der Waals surface area contributed by atoms with Crippen LogP contribution in [0, 0.1) is 0 Å². The molecule has 0 unspecified atom stereocenters. The van der Waals surface area contributed by atoms with Crippen LogP contribution in [0.4, 0.5) is 0 Å². The molecule has 0 heterocycles. The number of rotatable bonds is 3. The molecule has 2 aromatic carbocycles. The average Bonchev–Trinajstić information content (AvgIpc) is 2.56. The molecule has 2 aromatic rings. The number of carbonyl (C=O) groups excluding carboxylic acids is 2. The van der Waals surface area contributed by atoms with E-state index >= 15 is 0 Å². The van der Waals surface area contributed by atoms with E-state index in [0.29, 0.717) is 11.1 Å². The van der Waals surface area contributed by atoms with E-state index in [4.69, 9.17) is 10.5 Å². The summed E-state index contributed by atoms with van der Waals surface area (Å²) in [5.74, 6) is -1.46. The Bertz CT molecular complexity index is 554. The largest absolute Gasteiger partial charge is 0.376 e. The number of benzene rings is 2. The van der Waals surface area contributed by atoms with E-state index in [1.807, 2.05) is 0 Å². The minimum absolute atomic E-state index is 0.321. The highest BCUT2D eigenvalue weighted by molar-refractivity contribution is 5.89. The molecule has 0 aliphatic rings. The third kappa shape index (κ3) is 5.83. The van der Waals surface area contributed by atoms with Gasteiger partial charge in [0.25, 0.3) is 0 Å². The lowest BCUT2D eigenvalue weighted by atomic mass is 10.2. The lowest BCUT2D eigenvalue weighted by molar-refractivity contribution is -0.455. The van der Waals surface area contributed by atoms with Crippen molar-refractivity contribution in [1.29, 1.82) is 0 Å². The Hall–Kier alpha value is -2.74. The lowest BCUT2D eigenvalue weighted by Crippen LogP contribution is -2.03. The summed E-state index contributed by atoms with van der Waals surface area (Å²) in [7, 11) is 0. The lowest BCUT2D eigenvalue weighted by Gasteiger charge is -1.95. The second kappa shape index (κ2) is 9.21. The molecule has 2 rings (SSSR count). The SMILES string of the molecule is O=C(OO)c1ccccc1.O=C(OOO)c1ccccc1. The van der Waals surface area contributed by atoms with Crippen LogP contribution >= 0.6 is 0 Å². The van der Waals surface area contributed by atoms with Crippen LogP contribution in [0.3, 0.4) is 0 Å². The van der Waals surface area contributed by atoms with Crippen molar-refractivity contribution in [3.63, 3.8) is 0 Å². The Morgan fingerprint density at radius 2 is 1.14 bits per heavy atom.